The molecular weight excluding hydrogens is 242 g/mol. The smallest absolute Gasteiger partial charge is 0.246 e. The predicted molar refractivity (Wildman–Crippen MR) is 71.5 cm³/mol. The summed E-state index contributed by atoms with van der Waals surface area (Å²) in [5.74, 6) is 0.0353. The summed E-state index contributed by atoms with van der Waals surface area (Å²) in [5, 5.41) is 6.73. The molecule has 0 unspecified atom stereocenters. The van der Waals surface area contributed by atoms with Gasteiger partial charge in [0.1, 0.15) is 12.9 Å². The Kier molecular flexibility index (Phi) is 2.91. The number of anilines is 2. The van der Waals surface area contributed by atoms with Crippen LogP contribution in [0.3, 0.4) is 0 Å². The van der Waals surface area contributed by atoms with Gasteiger partial charge in [-0.2, -0.15) is 0 Å². The van der Waals surface area contributed by atoms with E-state index < -0.39 is 0 Å². The molecule has 0 radical (unpaired) electrons. The highest BCUT2D eigenvalue weighted by molar-refractivity contribution is 5.90. The molecule has 2 aromatic rings. The highest BCUT2D eigenvalue weighted by atomic mass is 16.2. The highest BCUT2D eigenvalue weighted by Crippen LogP contribution is 2.24. The number of aryl methyl sites for hydroxylation is 2. The molecule has 19 heavy (non-hydrogen) atoms. The number of hydrogen-bond acceptors (Lipinski definition) is 4. The summed E-state index contributed by atoms with van der Waals surface area (Å²) >= 11 is 0. The van der Waals surface area contributed by atoms with E-state index in [2.05, 4.69) is 27.5 Å². The molecule has 1 aromatic carbocycles. The molecule has 0 saturated heterocycles. The number of fused-ring (bicyclic) bond motifs is 1. The number of nitrogens with one attached hydrogen (secondary N) is 1. The number of nitrogen functional groups attached to an aromatic ring is 1. The molecule has 0 atom stereocenters. The quantitative estimate of drug-likeness (QED) is 0.858. The van der Waals surface area contributed by atoms with Crippen molar-refractivity contribution in [2.45, 2.75) is 25.8 Å². The van der Waals surface area contributed by atoms with E-state index in [0.29, 0.717) is 0 Å². The third-order valence-electron chi connectivity index (χ3n) is 3.24. The maximum absolute atomic E-state index is 11.9. The minimum absolute atomic E-state index is 0.112. The lowest BCUT2D eigenvalue weighted by Gasteiger charge is -2.07. The number of nitrogens with two attached hydrogens (primary N) is 1. The van der Waals surface area contributed by atoms with E-state index in [0.717, 1.165) is 18.5 Å². The van der Waals surface area contributed by atoms with Crippen LogP contribution in [0.2, 0.25) is 0 Å². The van der Waals surface area contributed by atoms with Crippen molar-refractivity contribution >= 4 is 17.5 Å². The summed E-state index contributed by atoms with van der Waals surface area (Å²) in [7, 11) is 0. The lowest BCUT2D eigenvalue weighted by atomic mass is 10.1. The van der Waals surface area contributed by atoms with Gasteiger partial charge in [0.05, 0.1) is 0 Å². The minimum atomic E-state index is -0.136. The number of carbonyl (C=O) groups excluding carboxylic acids is 1. The van der Waals surface area contributed by atoms with Gasteiger partial charge in [-0.1, -0.05) is 6.07 Å². The van der Waals surface area contributed by atoms with Crippen molar-refractivity contribution in [2.75, 3.05) is 11.1 Å². The first-order valence-electron chi connectivity index (χ1n) is 6.27. The SMILES string of the molecule is Nc1ncn(CC(=O)Nc2ccc3c(c2)CCC3)n1. The molecular formula is C13H15N5O. The molecule has 1 aliphatic rings. The third kappa shape index (κ3) is 2.57. The largest absolute Gasteiger partial charge is 0.367 e. The number of hydrogen-bond donors (Lipinski definition) is 2. The normalized spacial score (nSPS) is 13.3. The van der Waals surface area contributed by atoms with Crippen molar-refractivity contribution in [1.82, 2.24) is 14.8 Å². The Balaban J connectivity index is 1.66. The maximum Gasteiger partial charge on any atom is 0.246 e. The fourth-order valence-corrected chi connectivity index (χ4v) is 2.38. The molecule has 0 saturated carbocycles. The van der Waals surface area contributed by atoms with E-state index >= 15 is 0 Å². The van der Waals surface area contributed by atoms with E-state index in [1.807, 2.05) is 6.07 Å². The van der Waals surface area contributed by atoms with Gasteiger partial charge in [-0.15, -0.1) is 5.10 Å². The van der Waals surface area contributed by atoms with Crippen LogP contribution >= 0.6 is 0 Å². The fraction of sp³-hybridized carbons (Fsp3) is 0.308. The molecule has 98 valence electrons. The summed E-state index contributed by atoms with van der Waals surface area (Å²) in [6, 6.07) is 6.08. The Morgan fingerprint density at radius 3 is 3.00 bits per heavy atom. The van der Waals surface area contributed by atoms with Crippen molar-refractivity contribution in [2.24, 2.45) is 0 Å². The third-order valence-corrected chi connectivity index (χ3v) is 3.24. The number of aromatic nitrogens is 3. The number of nitrogens with zero attached hydrogens (tertiary/aromatic N) is 3. The van der Waals surface area contributed by atoms with Crippen molar-refractivity contribution < 1.29 is 4.79 Å². The van der Waals surface area contributed by atoms with Gasteiger partial charge in [0.2, 0.25) is 11.9 Å². The van der Waals surface area contributed by atoms with Gasteiger partial charge >= 0.3 is 0 Å². The lowest BCUT2D eigenvalue weighted by Crippen LogP contribution is -2.19. The van der Waals surface area contributed by atoms with Gasteiger partial charge in [-0.3, -0.25) is 4.79 Å². The second kappa shape index (κ2) is 4.72. The number of amides is 1. The van der Waals surface area contributed by atoms with Crippen LogP contribution in [-0.4, -0.2) is 20.7 Å². The van der Waals surface area contributed by atoms with Crippen molar-refractivity contribution in [3.8, 4) is 0 Å². The second-order valence-electron chi connectivity index (χ2n) is 4.69. The van der Waals surface area contributed by atoms with Crippen molar-refractivity contribution in [3.05, 3.63) is 35.7 Å². The molecule has 1 aliphatic carbocycles. The molecule has 0 fully saturated rings. The zero-order valence-electron chi connectivity index (χ0n) is 10.5. The van der Waals surface area contributed by atoms with Gasteiger partial charge < -0.3 is 11.1 Å². The number of benzene rings is 1. The first-order chi connectivity index (χ1) is 9.20. The second-order valence-corrected chi connectivity index (χ2v) is 4.69. The monoisotopic (exact) mass is 257 g/mol. The standard InChI is InChI=1S/C13H15N5O/c14-13-15-8-18(17-13)7-12(19)16-11-5-4-9-2-1-3-10(9)6-11/h4-6,8H,1-3,7H2,(H2,14,17)(H,16,19). The molecule has 3 rings (SSSR count). The highest BCUT2D eigenvalue weighted by Gasteiger charge is 2.12. The Labute approximate surface area is 110 Å². The summed E-state index contributed by atoms with van der Waals surface area (Å²) in [4.78, 5) is 15.6. The molecule has 1 heterocycles. The maximum atomic E-state index is 11.9. The first-order valence-corrected chi connectivity index (χ1v) is 6.27. The van der Waals surface area contributed by atoms with Crippen LogP contribution in [0.5, 0.6) is 0 Å². The van der Waals surface area contributed by atoms with E-state index in [4.69, 9.17) is 5.73 Å². The Morgan fingerprint density at radius 2 is 2.21 bits per heavy atom. The number of rotatable bonds is 3. The zero-order chi connectivity index (χ0) is 13.2. The van der Waals surface area contributed by atoms with Gasteiger partial charge in [-0.05, 0) is 42.5 Å². The summed E-state index contributed by atoms with van der Waals surface area (Å²) in [6.45, 7) is 0.112. The van der Waals surface area contributed by atoms with Crippen LogP contribution in [0.4, 0.5) is 11.6 Å². The van der Waals surface area contributed by atoms with Crippen LogP contribution in [0.1, 0.15) is 17.5 Å². The average molecular weight is 257 g/mol. The van der Waals surface area contributed by atoms with E-state index in [-0.39, 0.29) is 18.4 Å². The van der Waals surface area contributed by atoms with Gasteiger partial charge in [-0.25, -0.2) is 9.67 Å². The molecule has 0 bridgehead atoms. The molecule has 3 N–H and O–H groups in total. The summed E-state index contributed by atoms with van der Waals surface area (Å²) in [6.07, 6.45) is 4.88. The zero-order valence-corrected chi connectivity index (χ0v) is 10.5. The molecule has 1 aromatic heterocycles. The van der Waals surface area contributed by atoms with Crippen molar-refractivity contribution in [3.63, 3.8) is 0 Å². The van der Waals surface area contributed by atoms with Gasteiger partial charge in [0.15, 0.2) is 0 Å². The van der Waals surface area contributed by atoms with Crippen LogP contribution in [0, 0.1) is 0 Å². The van der Waals surface area contributed by atoms with Crippen LogP contribution in [0.15, 0.2) is 24.5 Å². The van der Waals surface area contributed by atoms with E-state index in [1.54, 1.807) is 0 Å². The van der Waals surface area contributed by atoms with E-state index in [1.165, 1.54) is 28.6 Å². The molecule has 0 aliphatic heterocycles. The Morgan fingerprint density at radius 1 is 1.37 bits per heavy atom. The van der Waals surface area contributed by atoms with E-state index in [9.17, 15) is 4.79 Å². The molecule has 1 amide bonds. The van der Waals surface area contributed by atoms with Crippen LogP contribution in [-0.2, 0) is 24.2 Å². The average Bonchev–Trinajstić information content (AvgIpc) is 2.97. The molecule has 6 heteroatoms. The minimum Gasteiger partial charge on any atom is -0.367 e. The molecule has 0 spiro atoms. The van der Waals surface area contributed by atoms with Gasteiger partial charge in [0.25, 0.3) is 0 Å². The van der Waals surface area contributed by atoms with Crippen molar-refractivity contribution in [1.29, 1.82) is 0 Å². The van der Waals surface area contributed by atoms with Gasteiger partial charge in [0, 0.05) is 5.69 Å². The Hall–Kier alpha value is -2.37. The summed E-state index contributed by atoms with van der Waals surface area (Å²) in [5.41, 5.74) is 8.95. The fourth-order valence-electron chi connectivity index (χ4n) is 2.38. The van der Waals surface area contributed by atoms with Crippen LogP contribution in [0.25, 0.3) is 0 Å². The first kappa shape index (κ1) is 11.7. The Bertz CT molecular complexity index is 619. The molecule has 6 nitrogen and oxygen atoms in total. The topological polar surface area (TPSA) is 85.8 Å². The summed E-state index contributed by atoms with van der Waals surface area (Å²) < 4.78 is 1.41. The lowest BCUT2D eigenvalue weighted by molar-refractivity contribution is -0.116. The predicted octanol–water partition coefficient (Wildman–Crippen LogP) is 0.988. The van der Waals surface area contributed by atoms with Crippen LogP contribution < -0.4 is 11.1 Å². The number of carbonyl (C=O) groups is 1.